The molecule has 1 rings (SSSR count). The van der Waals surface area contributed by atoms with Crippen LogP contribution < -0.4 is 0 Å². The quantitative estimate of drug-likeness (QED) is 0.740. The first-order valence-electron chi connectivity index (χ1n) is 6.12. The van der Waals surface area contributed by atoms with Crippen molar-refractivity contribution in [2.24, 2.45) is 0 Å². The molecule has 0 spiro atoms. The molecule has 1 saturated heterocycles. The molecular weight excluding hydrogens is 272 g/mol. The van der Waals surface area contributed by atoms with Crippen molar-refractivity contribution >= 4 is 36.4 Å². The van der Waals surface area contributed by atoms with E-state index in [2.05, 4.69) is 33.1 Å². The summed E-state index contributed by atoms with van der Waals surface area (Å²) in [6.45, 7) is 10.6. The highest BCUT2D eigenvalue weighted by Gasteiger charge is 2.38. The third kappa shape index (κ3) is 4.92. The topological polar surface area (TPSA) is 36.9 Å². The zero-order chi connectivity index (χ0) is 12.2. The predicted octanol–water partition coefficient (Wildman–Crippen LogP) is 1.49. The Kier molecular flexibility index (Phi) is 6.08. The molecule has 4 nitrogen and oxygen atoms in total. The lowest BCUT2D eigenvalue weighted by Gasteiger charge is -2.37. The van der Waals surface area contributed by atoms with Crippen LogP contribution >= 0.6 is 0 Å². The Bertz CT molecular complexity index is 204. The van der Waals surface area contributed by atoms with Crippen LogP contribution in [-0.2, 0) is 16.5 Å². The summed E-state index contributed by atoms with van der Waals surface area (Å²) in [5, 5.41) is 0. The minimum Gasteiger partial charge on any atom is -0.420 e. The minimum absolute atomic E-state index is 1.07. The highest BCUT2D eigenvalue weighted by atomic mass is 28.5. The molecule has 8 heteroatoms. The lowest BCUT2D eigenvalue weighted by atomic mass is 10.4. The zero-order valence-electron chi connectivity index (χ0n) is 11.0. The summed E-state index contributed by atoms with van der Waals surface area (Å²) in [5.74, 6) is 0. The van der Waals surface area contributed by atoms with E-state index in [1.807, 2.05) is 0 Å². The summed E-state index contributed by atoms with van der Waals surface area (Å²) < 4.78 is 24.0. The van der Waals surface area contributed by atoms with Crippen LogP contribution in [0.1, 0.15) is 19.8 Å². The molecule has 2 unspecified atom stereocenters. The fourth-order valence-electron chi connectivity index (χ4n) is 1.97. The van der Waals surface area contributed by atoms with Crippen molar-refractivity contribution in [3.63, 3.8) is 0 Å². The first-order valence-corrected chi connectivity index (χ1v) is 14.9. The van der Waals surface area contributed by atoms with Crippen LogP contribution in [0.4, 0.5) is 0 Å². The maximum atomic E-state index is 6.14. The summed E-state index contributed by atoms with van der Waals surface area (Å²) in [6, 6.07) is 1.07. The van der Waals surface area contributed by atoms with Crippen molar-refractivity contribution in [1.29, 1.82) is 0 Å². The molecule has 0 amide bonds. The molecule has 0 radical (unpaired) electrons. The van der Waals surface area contributed by atoms with E-state index in [1.165, 1.54) is 12.8 Å². The monoisotopic (exact) mass is 296 g/mol. The van der Waals surface area contributed by atoms with Gasteiger partial charge < -0.3 is 16.5 Å². The summed E-state index contributed by atoms with van der Waals surface area (Å²) in [6.07, 6.45) is 2.37. The first-order chi connectivity index (χ1) is 7.45. The molecule has 96 valence electrons. The lowest BCUT2D eigenvalue weighted by molar-refractivity contribution is 0.273. The minimum atomic E-state index is -2.00. The molecule has 0 aromatic rings. The van der Waals surface area contributed by atoms with Gasteiger partial charge in [-0.1, -0.05) is 19.8 Å². The van der Waals surface area contributed by atoms with E-state index < -0.39 is 36.4 Å². The number of rotatable bonds is 3. The Morgan fingerprint density at radius 3 is 1.88 bits per heavy atom. The van der Waals surface area contributed by atoms with Gasteiger partial charge in [-0.3, -0.25) is 0 Å². The molecule has 0 aliphatic carbocycles. The van der Waals surface area contributed by atoms with E-state index in [4.69, 9.17) is 16.5 Å². The van der Waals surface area contributed by atoms with Crippen LogP contribution in [0.15, 0.2) is 0 Å². The SMILES string of the molecule is CCCC[Si]1(C)O[SiH](C)O[SiH](C)O[SiH](C)O1. The van der Waals surface area contributed by atoms with Crippen LogP contribution in [-0.4, -0.2) is 36.4 Å². The van der Waals surface area contributed by atoms with Crippen LogP contribution in [0.2, 0.25) is 32.2 Å². The second kappa shape index (κ2) is 6.59. The second-order valence-corrected chi connectivity index (χ2v) is 14.7. The van der Waals surface area contributed by atoms with Crippen molar-refractivity contribution in [2.45, 2.75) is 52.0 Å². The standard InChI is InChI=1S/C8H24O4Si4/c1-6-7-8-16(5)11-14(3)9-13(2)10-15(4)12-16/h13-15H,6-8H2,1-5H3. The van der Waals surface area contributed by atoms with Gasteiger partial charge in [0.05, 0.1) is 0 Å². The Morgan fingerprint density at radius 2 is 1.44 bits per heavy atom. The third-order valence-corrected chi connectivity index (χ3v) is 16.6. The molecule has 1 heterocycles. The Balaban J connectivity index is 2.61. The average molecular weight is 297 g/mol. The summed E-state index contributed by atoms with van der Waals surface area (Å²) in [7, 11) is -6.53. The van der Waals surface area contributed by atoms with Crippen molar-refractivity contribution in [3.8, 4) is 0 Å². The first kappa shape index (κ1) is 14.8. The number of unbranched alkanes of at least 4 members (excludes halogenated alkanes) is 1. The third-order valence-electron chi connectivity index (χ3n) is 2.58. The summed E-state index contributed by atoms with van der Waals surface area (Å²) in [5.41, 5.74) is 0. The normalized spacial score (nSPS) is 41.4. The summed E-state index contributed by atoms with van der Waals surface area (Å²) in [4.78, 5) is 0. The van der Waals surface area contributed by atoms with E-state index in [0.717, 1.165) is 6.04 Å². The number of hydrogen-bond acceptors (Lipinski definition) is 4. The molecule has 1 aliphatic heterocycles. The van der Waals surface area contributed by atoms with E-state index in [9.17, 15) is 0 Å². The van der Waals surface area contributed by atoms with E-state index in [0.29, 0.717) is 0 Å². The smallest absolute Gasteiger partial charge is 0.316 e. The van der Waals surface area contributed by atoms with E-state index >= 15 is 0 Å². The van der Waals surface area contributed by atoms with E-state index in [-0.39, 0.29) is 0 Å². The van der Waals surface area contributed by atoms with Gasteiger partial charge in [0.15, 0.2) is 0 Å². The van der Waals surface area contributed by atoms with Crippen molar-refractivity contribution in [2.75, 3.05) is 0 Å². The second-order valence-electron chi connectivity index (χ2n) is 4.45. The van der Waals surface area contributed by atoms with Crippen LogP contribution in [0.25, 0.3) is 0 Å². The maximum Gasteiger partial charge on any atom is 0.316 e. The lowest BCUT2D eigenvalue weighted by Crippen LogP contribution is -2.52. The van der Waals surface area contributed by atoms with Gasteiger partial charge in [0.1, 0.15) is 0 Å². The fourth-order valence-corrected chi connectivity index (χ4v) is 16.8. The molecule has 16 heavy (non-hydrogen) atoms. The molecule has 2 atom stereocenters. The molecule has 1 aliphatic rings. The molecule has 0 bridgehead atoms. The van der Waals surface area contributed by atoms with Crippen LogP contribution in [0.5, 0.6) is 0 Å². The highest BCUT2D eigenvalue weighted by molar-refractivity contribution is 6.81. The molecule has 0 N–H and O–H groups in total. The van der Waals surface area contributed by atoms with Crippen LogP contribution in [0, 0.1) is 0 Å². The van der Waals surface area contributed by atoms with Gasteiger partial charge in [-0.15, -0.1) is 0 Å². The van der Waals surface area contributed by atoms with Gasteiger partial charge in [-0.05, 0) is 32.2 Å². The van der Waals surface area contributed by atoms with Crippen molar-refractivity contribution in [3.05, 3.63) is 0 Å². The zero-order valence-corrected chi connectivity index (χ0v) is 15.5. The van der Waals surface area contributed by atoms with Gasteiger partial charge in [0.25, 0.3) is 27.9 Å². The Hall–Kier alpha value is 0.708. The van der Waals surface area contributed by atoms with Gasteiger partial charge in [-0.2, -0.15) is 0 Å². The largest absolute Gasteiger partial charge is 0.420 e. The summed E-state index contributed by atoms with van der Waals surface area (Å²) >= 11 is 0. The van der Waals surface area contributed by atoms with Gasteiger partial charge in [0, 0.05) is 0 Å². The Morgan fingerprint density at radius 1 is 0.938 bits per heavy atom. The van der Waals surface area contributed by atoms with Crippen LogP contribution in [0.3, 0.4) is 0 Å². The van der Waals surface area contributed by atoms with Gasteiger partial charge in [0.2, 0.25) is 0 Å². The van der Waals surface area contributed by atoms with Crippen molar-refractivity contribution in [1.82, 2.24) is 0 Å². The fraction of sp³-hybridized carbons (Fsp3) is 1.00. The highest BCUT2D eigenvalue weighted by Crippen LogP contribution is 2.22. The maximum absolute atomic E-state index is 6.14. The Labute approximate surface area is 105 Å². The molecule has 0 saturated carbocycles. The van der Waals surface area contributed by atoms with Gasteiger partial charge >= 0.3 is 8.56 Å². The molecule has 0 aromatic heterocycles. The average Bonchev–Trinajstić information content (AvgIpc) is 2.11. The van der Waals surface area contributed by atoms with E-state index in [1.54, 1.807) is 0 Å². The molecule has 0 aromatic carbocycles. The molecular formula is C8H24O4Si4. The molecule has 1 fully saturated rings. The number of hydrogen-bond donors (Lipinski definition) is 0. The van der Waals surface area contributed by atoms with Crippen molar-refractivity contribution < 1.29 is 16.5 Å². The predicted molar refractivity (Wildman–Crippen MR) is 74.7 cm³/mol. The van der Waals surface area contributed by atoms with Gasteiger partial charge in [-0.25, -0.2) is 0 Å².